The van der Waals surface area contributed by atoms with Crippen LogP contribution in [-0.4, -0.2) is 47.9 Å². The van der Waals surface area contributed by atoms with E-state index in [2.05, 4.69) is 41.6 Å². The minimum Gasteiger partial charge on any atom is -0.334 e. The normalized spacial score (nSPS) is 17.0. The summed E-state index contributed by atoms with van der Waals surface area (Å²) in [6.45, 7) is 10.6. The van der Waals surface area contributed by atoms with E-state index in [0.29, 0.717) is 5.92 Å². The van der Waals surface area contributed by atoms with E-state index in [1.807, 2.05) is 29.2 Å². The van der Waals surface area contributed by atoms with Crippen LogP contribution >= 0.6 is 15.9 Å². The summed E-state index contributed by atoms with van der Waals surface area (Å²) in [5, 5.41) is 0. The summed E-state index contributed by atoms with van der Waals surface area (Å²) < 4.78 is 1.00. The smallest absolute Gasteiger partial charge is 0.254 e. The maximum atomic E-state index is 12.9. The minimum absolute atomic E-state index is 0.146. The van der Waals surface area contributed by atoms with E-state index in [-0.39, 0.29) is 11.9 Å². The highest BCUT2D eigenvalue weighted by Gasteiger charge is 2.28. The fourth-order valence-electron chi connectivity index (χ4n) is 3.19. The Bertz CT molecular complexity index is 480. The van der Waals surface area contributed by atoms with Crippen LogP contribution in [0, 0.1) is 5.92 Å². The van der Waals surface area contributed by atoms with E-state index in [0.717, 1.165) is 23.1 Å². The van der Waals surface area contributed by atoms with Crippen LogP contribution in [-0.2, 0) is 0 Å². The second-order valence-corrected chi connectivity index (χ2v) is 7.33. The van der Waals surface area contributed by atoms with E-state index >= 15 is 0 Å². The van der Waals surface area contributed by atoms with Gasteiger partial charge in [0, 0.05) is 29.2 Å². The third-order valence-corrected chi connectivity index (χ3v) is 5.04. The quantitative estimate of drug-likeness (QED) is 0.758. The first-order valence-corrected chi connectivity index (χ1v) is 9.11. The molecule has 1 atom stereocenters. The highest BCUT2D eigenvalue weighted by atomic mass is 79.9. The number of benzene rings is 1. The molecule has 1 aliphatic heterocycles. The third kappa shape index (κ3) is 4.32. The van der Waals surface area contributed by atoms with Gasteiger partial charge in [-0.05, 0) is 63.0 Å². The van der Waals surface area contributed by atoms with Crippen LogP contribution in [0.2, 0.25) is 0 Å². The summed E-state index contributed by atoms with van der Waals surface area (Å²) in [5.74, 6) is 0.604. The molecule has 0 aliphatic carbocycles. The van der Waals surface area contributed by atoms with Gasteiger partial charge in [-0.25, -0.2) is 0 Å². The van der Waals surface area contributed by atoms with Crippen molar-refractivity contribution in [1.82, 2.24) is 9.80 Å². The average molecular weight is 367 g/mol. The zero-order valence-electron chi connectivity index (χ0n) is 13.9. The molecule has 3 nitrogen and oxygen atoms in total. The molecule has 2 rings (SSSR count). The molecule has 1 aliphatic rings. The molecule has 0 bridgehead atoms. The minimum atomic E-state index is 0.146. The van der Waals surface area contributed by atoms with E-state index < -0.39 is 0 Å². The van der Waals surface area contributed by atoms with Crippen LogP contribution in [0.1, 0.15) is 44.0 Å². The number of carbonyl (C=O) groups is 1. The van der Waals surface area contributed by atoms with Gasteiger partial charge in [0.1, 0.15) is 0 Å². The summed E-state index contributed by atoms with van der Waals surface area (Å²) in [4.78, 5) is 17.4. The molecule has 22 heavy (non-hydrogen) atoms. The third-order valence-electron chi connectivity index (χ3n) is 4.51. The Kier molecular flexibility index (Phi) is 6.45. The molecule has 0 saturated carbocycles. The van der Waals surface area contributed by atoms with Crippen molar-refractivity contribution in [3.8, 4) is 0 Å². The maximum absolute atomic E-state index is 12.9. The van der Waals surface area contributed by atoms with Gasteiger partial charge in [0.2, 0.25) is 0 Å². The van der Waals surface area contributed by atoms with Gasteiger partial charge in [0.15, 0.2) is 0 Å². The summed E-state index contributed by atoms with van der Waals surface area (Å²) in [6.07, 6.45) is 2.58. The zero-order valence-corrected chi connectivity index (χ0v) is 15.5. The second-order valence-electron chi connectivity index (χ2n) is 6.42. The molecule has 0 N–H and O–H groups in total. The summed E-state index contributed by atoms with van der Waals surface area (Å²) in [6, 6.07) is 7.96. The predicted molar refractivity (Wildman–Crippen MR) is 95.2 cm³/mol. The molecule has 1 heterocycles. The van der Waals surface area contributed by atoms with Gasteiger partial charge in [-0.1, -0.05) is 29.8 Å². The highest BCUT2D eigenvalue weighted by molar-refractivity contribution is 9.10. The summed E-state index contributed by atoms with van der Waals surface area (Å²) >= 11 is 3.43. The van der Waals surface area contributed by atoms with E-state index in [4.69, 9.17) is 0 Å². The fourth-order valence-corrected chi connectivity index (χ4v) is 3.45. The molecule has 0 aromatic heterocycles. The van der Waals surface area contributed by atoms with Gasteiger partial charge in [-0.3, -0.25) is 4.79 Å². The van der Waals surface area contributed by atoms with Crippen LogP contribution < -0.4 is 0 Å². The Hall–Kier alpha value is -0.870. The van der Waals surface area contributed by atoms with Crippen molar-refractivity contribution in [2.75, 3.05) is 26.2 Å². The number of carbonyl (C=O) groups excluding carboxylic acids is 1. The van der Waals surface area contributed by atoms with Gasteiger partial charge in [-0.2, -0.15) is 0 Å². The Morgan fingerprint density at radius 2 is 1.82 bits per heavy atom. The number of rotatable bonds is 6. The summed E-state index contributed by atoms with van der Waals surface area (Å²) in [7, 11) is 0. The van der Waals surface area contributed by atoms with Crippen LogP contribution in [0.3, 0.4) is 0 Å². The Labute approximate surface area is 142 Å². The standard InChI is InChI=1S/C18H27BrN2O/c1-4-21(18(22)15-7-9-16(19)10-8-15)17(14(2)3)13-20-11-5-6-12-20/h7-10,14,17H,4-6,11-13H2,1-3H3. The molecule has 1 unspecified atom stereocenters. The largest absolute Gasteiger partial charge is 0.334 e. The van der Waals surface area contributed by atoms with Crippen molar-refractivity contribution in [1.29, 1.82) is 0 Å². The first-order chi connectivity index (χ1) is 10.5. The highest BCUT2D eigenvalue weighted by Crippen LogP contribution is 2.19. The Balaban J connectivity index is 2.14. The van der Waals surface area contributed by atoms with Gasteiger partial charge in [0.05, 0.1) is 0 Å². The van der Waals surface area contributed by atoms with E-state index in [9.17, 15) is 4.79 Å². The lowest BCUT2D eigenvalue weighted by molar-refractivity contribution is 0.0585. The average Bonchev–Trinajstić information content (AvgIpc) is 3.00. The molecule has 1 amide bonds. The van der Waals surface area contributed by atoms with Crippen LogP contribution in [0.15, 0.2) is 28.7 Å². The molecule has 1 aromatic carbocycles. The molecule has 0 radical (unpaired) electrons. The molecule has 122 valence electrons. The van der Waals surface area contributed by atoms with E-state index in [1.54, 1.807) is 0 Å². The molecular formula is C18H27BrN2O. The lowest BCUT2D eigenvalue weighted by atomic mass is 10.0. The predicted octanol–water partition coefficient (Wildman–Crippen LogP) is 4.03. The van der Waals surface area contributed by atoms with Crippen molar-refractivity contribution in [2.24, 2.45) is 5.92 Å². The monoisotopic (exact) mass is 366 g/mol. The number of nitrogens with zero attached hydrogens (tertiary/aromatic N) is 2. The van der Waals surface area contributed by atoms with Gasteiger partial charge in [0.25, 0.3) is 5.91 Å². The number of amides is 1. The number of halogens is 1. The van der Waals surface area contributed by atoms with E-state index in [1.165, 1.54) is 25.9 Å². The fraction of sp³-hybridized carbons (Fsp3) is 0.611. The lowest BCUT2D eigenvalue weighted by Crippen LogP contribution is -2.49. The molecular weight excluding hydrogens is 340 g/mol. The topological polar surface area (TPSA) is 23.6 Å². The lowest BCUT2D eigenvalue weighted by Gasteiger charge is -2.36. The maximum Gasteiger partial charge on any atom is 0.254 e. The van der Waals surface area contributed by atoms with Gasteiger partial charge < -0.3 is 9.80 Å². The van der Waals surface area contributed by atoms with Crippen molar-refractivity contribution in [2.45, 2.75) is 39.7 Å². The molecule has 1 fully saturated rings. The first-order valence-electron chi connectivity index (χ1n) is 8.31. The summed E-state index contributed by atoms with van der Waals surface area (Å²) in [5.41, 5.74) is 0.775. The van der Waals surface area contributed by atoms with Crippen molar-refractivity contribution in [3.05, 3.63) is 34.3 Å². The second kappa shape index (κ2) is 8.11. The molecule has 0 spiro atoms. The van der Waals surface area contributed by atoms with Crippen LogP contribution in [0.5, 0.6) is 0 Å². The zero-order chi connectivity index (χ0) is 16.1. The van der Waals surface area contributed by atoms with Crippen LogP contribution in [0.25, 0.3) is 0 Å². The molecule has 4 heteroatoms. The number of likely N-dealkylation sites (N-methyl/N-ethyl adjacent to an activating group) is 1. The van der Waals surface area contributed by atoms with Crippen LogP contribution in [0.4, 0.5) is 0 Å². The number of hydrogen-bond acceptors (Lipinski definition) is 2. The Morgan fingerprint density at radius 1 is 1.23 bits per heavy atom. The number of likely N-dealkylation sites (tertiary alicyclic amines) is 1. The number of hydrogen-bond donors (Lipinski definition) is 0. The van der Waals surface area contributed by atoms with Gasteiger partial charge in [-0.15, -0.1) is 0 Å². The molecule has 1 aromatic rings. The Morgan fingerprint density at radius 3 is 2.32 bits per heavy atom. The molecule has 1 saturated heterocycles. The van der Waals surface area contributed by atoms with Crippen molar-refractivity contribution < 1.29 is 4.79 Å². The first kappa shape index (κ1) is 17.5. The van der Waals surface area contributed by atoms with Gasteiger partial charge >= 0.3 is 0 Å². The van der Waals surface area contributed by atoms with Crippen molar-refractivity contribution in [3.63, 3.8) is 0 Å². The van der Waals surface area contributed by atoms with Crippen molar-refractivity contribution >= 4 is 21.8 Å². The SMILES string of the molecule is CCN(C(=O)c1ccc(Br)cc1)C(CN1CCCC1)C(C)C.